The molecule has 1 aromatic heterocycles. The fraction of sp³-hybridized carbons (Fsp3) is 0.688. The van der Waals surface area contributed by atoms with Gasteiger partial charge in [-0.25, -0.2) is 0 Å². The van der Waals surface area contributed by atoms with Crippen LogP contribution >= 0.6 is 0 Å². The first-order chi connectivity index (χ1) is 9.33. The fourth-order valence-corrected chi connectivity index (χ4v) is 2.97. The molecule has 3 heteroatoms. The number of piperazine rings is 1. The van der Waals surface area contributed by atoms with E-state index in [-0.39, 0.29) is 0 Å². The Hall–Kier alpha value is -0.930. The van der Waals surface area contributed by atoms with Crippen molar-refractivity contribution >= 4 is 0 Å². The van der Waals surface area contributed by atoms with Crippen molar-refractivity contribution in [1.82, 2.24) is 15.2 Å². The van der Waals surface area contributed by atoms with Gasteiger partial charge in [-0.3, -0.25) is 9.88 Å². The number of pyridine rings is 1. The topological polar surface area (TPSA) is 28.2 Å². The quantitative estimate of drug-likeness (QED) is 0.852. The van der Waals surface area contributed by atoms with Crippen LogP contribution in [-0.2, 0) is 6.42 Å². The van der Waals surface area contributed by atoms with Crippen LogP contribution in [0.15, 0.2) is 24.5 Å². The Kier molecular flexibility index (Phi) is 5.80. The molecule has 1 aliphatic rings. The van der Waals surface area contributed by atoms with Crippen molar-refractivity contribution in [3.05, 3.63) is 30.1 Å². The second kappa shape index (κ2) is 7.61. The lowest BCUT2D eigenvalue weighted by Crippen LogP contribution is -2.56. The molecule has 19 heavy (non-hydrogen) atoms. The predicted octanol–water partition coefficient (Wildman–Crippen LogP) is 2.48. The minimum atomic E-state index is 0.682. The summed E-state index contributed by atoms with van der Waals surface area (Å²) in [6, 6.07) is 5.59. The van der Waals surface area contributed by atoms with Gasteiger partial charge in [0.05, 0.1) is 0 Å². The highest BCUT2D eigenvalue weighted by atomic mass is 15.2. The SMILES string of the molecule is CCCC1CN(CCc2cccnc2)C(CC)CN1. The average Bonchev–Trinajstić information content (AvgIpc) is 2.47. The summed E-state index contributed by atoms with van der Waals surface area (Å²) in [5, 5.41) is 3.70. The van der Waals surface area contributed by atoms with Gasteiger partial charge in [0.2, 0.25) is 0 Å². The first-order valence-electron chi connectivity index (χ1n) is 7.69. The van der Waals surface area contributed by atoms with Gasteiger partial charge in [0, 0.05) is 44.1 Å². The van der Waals surface area contributed by atoms with Crippen LogP contribution < -0.4 is 5.32 Å². The third-order valence-electron chi connectivity index (χ3n) is 4.13. The standard InChI is InChI=1S/C16H27N3/c1-3-6-15-13-19(16(4-2)12-18-15)10-8-14-7-5-9-17-11-14/h5,7,9,11,15-16,18H,3-4,6,8,10,12-13H2,1-2H3. The molecule has 1 aromatic rings. The highest BCUT2D eigenvalue weighted by Crippen LogP contribution is 2.14. The summed E-state index contributed by atoms with van der Waals surface area (Å²) in [6.45, 7) is 8.07. The van der Waals surface area contributed by atoms with Gasteiger partial charge in [-0.15, -0.1) is 0 Å². The zero-order chi connectivity index (χ0) is 13.5. The Morgan fingerprint density at radius 2 is 2.32 bits per heavy atom. The largest absolute Gasteiger partial charge is 0.311 e. The van der Waals surface area contributed by atoms with E-state index in [4.69, 9.17) is 0 Å². The lowest BCUT2D eigenvalue weighted by Gasteiger charge is -2.40. The maximum absolute atomic E-state index is 4.20. The smallest absolute Gasteiger partial charge is 0.0300 e. The summed E-state index contributed by atoms with van der Waals surface area (Å²) in [5.41, 5.74) is 1.35. The summed E-state index contributed by atoms with van der Waals surface area (Å²) in [6.07, 6.45) is 8.75. The number of nitrogens with one attached hydrogen (secondary N) is 1. The molecule has 0 saturated carbocycles. The normalized spacial score (nSPS) is 24.5. The molecule has 106 valence electrons. The maximum Gasteiger partial charge on any atom is 0.0300 e. The molecule has 1 saturated heterocycles. The van der Waals surface area contributed by atoms with Crippen LogP contribution in [0.2, 0.25) is 0 Å². The molecule has 0 amide bonds. The number of hydrogen-bond acceptors (Lipinski definition) is 3. The van der Waals surface area contributed by atoms with Crippen LogP contribution in [0.5, 0.6) is 0 Å². The van der Waals surface area contributed by atoms with Crippen LogP contribution in [0.3, 0.4) is 0 Å². The molecule has 1 fully saturated rings. The summed E-state index contributed by atoms with van der Waals surface area (Å²) >= 11 is 0. The summed E-state index contributed by atoms with van der Waals surface area (Å²) in [4.78, 5) is 6.87. The lowest BCUT2D eigenvalue weighted by atomic mass is 10.0. The van der Waals surface area contributed by atoms with Crippen molar-refractivity contribution < 1.29 is 0 Å². The second-order valence-corrected chi connectivity index (χ2v) is 5.56. The van der Waals surface area contributed by atoms with Gasteiger partial charge in [-0.05, 0) is 30.9 Å². The molecule has 2 rings (SSSR count). The van der Waals surface area contributed by atoms with Crippen LogP contribution in [-0.4, -0.2) is 41.6 Å². The minimum absolute atomic E-state index is 0.682. The monoisotopic (exact) mass is 261 g/mol. The van der Waals surface area contributed by atoms with E-state index < -0.39 is 0 Å². The third-order valence-corrected chi connectivity index (χ3v) is 4.13. The van der Waals surface area contributed by atoms with Gasteiger partial charge >= 0.3 is 0 Å². The van der Waals surface area contributed by atoms with E-state index in [1.165, 1.54) is 31.4 Å². The molecule has 3 nitrogen and oxygen atoms in total. The predicted molar refractivity (Wildman–Crippen MR) is 80.3 cm³/mol. The first kappa shape index (κ1) is 14.5. The molecular formula is C16H27N3. The van der Waals surface area contributed by atoms with E-state index in [0.717, 1.165) is 19.5 Å². The third kappa shape index (κ3) is 4.29. The van der Waals surface area contributed by atoms with Crippen LogP contribution in [0.1, 0.15) is 38.7 Å². The molecule has 0 aliphatic carbocycles. The Bertz CT molecular complexity index is 352. The zero-order valence-electron chi connectivity index (χ0n) is 12.3. The van der Waals surface area contributed by atoms with Crippen molar-refractivity contribution in [1.29, 1.82) is 0 Å². The number of rotatable bonds is 6. The van der Waals surface area contributed by atoms with Gasteiger partial charge in [0.15, 0.2) is 0 Å². The fourth-order valence-electron chi connectivity index (χ4n) is 2.97. The summed E-state index contributed by atoms with van der Waals surface area (Å²) < 4.78 is 0. The number of nitrogens with zero attached hydrogens (tertiary/aromatic N) is 2. The molecule has 0 radical (unpaired) electrons. The Morgan fingerprint density at radius 1 is 1.42 bits per heavy atom. The van der Waals surface area contributed by atoms with E-state index in [0.29, 0.717) is 12.1 Å². The lowest BCUT2D eigenvalue weighted by molar-refractivity contribution is 0.124. The molecule has 2 heterocycles. The number of aromatic nitrogens is 1. The Labute approximate surface area is 117 Å². The maximum atomic E-state index is 4.20. The Morgan fingerprint density at radius 3 is 3.00 bits per heavy atom. The van der Waals surface area contributed by atoms with E-state index in [1.54, 1.807) is 0 Å². The average molecular weight is 261 g/mol. The highest BCUT2D eigenvalue weighted by Gasteiger charge is 2.25. The van der Waals surface area contributed by atoms with Crippen molar-refractivity contribution in [3.63, 3.8) is 0 Å². The van der Waals surface area contributed by atoms with Crippen molar-refractivity contribution in [2.24, 2.45) is 0 Å². The van der Waals surface area contributed by atoms with Gasteiger partial charge in [0.1, 0.15) is 0 Å². The van der Waals surface area contributed by atoms with Crippen molar-refractivity contribution in [2.75, 3.05) is 19.6 Å². The van der Waals surface area contributed by atoms with E-state index >= 15 is 0 Å². The minimum Gasteiger partial charge on any atom is -0.311 e. The van der Waals surface area contributed by atoms with Crippen LogP contribution in [0.4, 0.5) is 0 Å². The van der Waals surface area contributed by atoms with Crippen LogP contribution in [0.25, 0.3) is 0 Å². The van der Waals surface area contributed by atoms with Gasteiger partial charge in [-0.2, -0.15) is 0 Å². The molecular weight excluding hydrogens is 234 g/mol. The number of hydrogen-bond donors (Lipinski definition) is 1. The van der Waals surface area contributed by atoms with E-state index in [2.05, 4.69) is 35.1 Å². The van der Waals surface area contributed by atoms with Crippen molar-refractivity contribution in [2.45, 2.75) is 51.6 Å². The van der Waals surface area contributed by atoms with Gasteiger partial charge < -0.3 is 5.32 Å². The Balaban J connectivity index is 1.87. The molecule has 1 aliphatic heterocycles. The van der Waals surface area contributed by atoms with Gasteiger partial charge in [-0.1, -0.05) is 26.3 Å². The van der Waals surface area contributed by atoms with Gasteiger partial charge in [0.25, 0.3) is 0 Å². The van der Waals surface area contributed by atoms with Crippen molar-refractivity contribution in [3.8, 4) is 0 Å². The summed E-state index contributed by atoms with van der Waals surface area (Å²) in [7, 11) is 0. The van der Waals surface area contributed by atoms with E-state index in [9.17, 15) is 0 Å². The molecule has 0 aromatic carbocycles. The zero-order valence-corrected chi connectivity index (χ0v) is 12.3. The molecule has 2 unspecified atom stereocenters. The molecule has 2 atom stereocenters. The van der Waals surface area contributed by atoms with E-state index in [1.807, 2.05) is 18.5 Å². The van der Waals surface area contributed by atoms with Crippen LogP contribution in [0, 0.1) is 0 Å². The molecule has 0 bridgehead atoms. The molecule has 1 N–H and O–H groups in total. The first-order valence-corrected chi connectivity index (χ1v) is 7.69. The summed E-state index contributed by atoms with van der Waals surface area (Å²) in [5.74, 6) is 0. The highest BCUT2D eigenvalue weighted by molar-refractivity contribution is 5.09. The second-order valence-electron chi connectivity index (χ2n) is 5.56. The molecule has 0 spiro atoms.